The lowest BCUT2D eigenvalue weighted by Crippen LogP contribution is -2.47. The van der Waals surface area contributed by atoms with Crippen molar-refractivity contribution in [3.8, 4) is 0 Å². The SMILES string of the molecule is C=CCN(CC=C)C(C(=O)Nc1ccc(CC)c(N)c1)C(C)C. The van der Waals surface area contributed by atoms with Crippen molar-refractivity contribution in [2.24, 2.45) is 5.92 Å². The minimum atomic E-state index is -0.252. The van der Waals surface area contributed by atoms with Crippen LogP contribution < -0.4 is 11.1 Å². The average Bonchev–Trinajstić information content (AvgIpc) is 2.47. The van der Waals surface area contributed by atoms with Gasteiger partial charge in [-0.1, -0.05) is 39.0 Å². The van der Waals surface area contributed by atoms with Crippen LogP contribution in [0.2, 0.25) is 0 Å². The maximum atomic E-state index is 12.7. The summed E-state index contributed by atoms with van der Waals surface area (Å²) in [6.45, 7) is 15.0. The third kappa shape index (κ3) is 5.25. The van der Waals surface area contributed by atoms with Crippen LogP contribution in [0.1, 0.15) is 26.3 Å². The molecule has 0 fully saturated rings. The Morgan fingerprint density at radius 3 is 2.35 bits per heavy atom. The van der Waals surface area contributed by atoms with E-state index in [0.717, 1.165) is 17.7 Å². The Morgan fingerprint density at radius 2 is 1.91 bits per heavy atom. The van der Waals surface area contributed by atoms with Crippen molar-refractivity contribution in [3.05, 3.63) is 49.1 Å². The normalized spacial score (nSPS) is 12.2. The first-order chi connectivity index (χ1) is 10.9. The van der Waals surface area contributed by atoms with Crippen molar-refractivity contribution in [2.75, 3.05) is 24.1 Å². The number of nitrogens with two attached hydrogens (primary N) is 1. The number of nitrogens with zero attached hydrogens (tertiary/aromatic N) is 1. The van der Waals surface area contributed by atoms with E-state index < -0.39 is 0 Å². The van der Waals surface area contributed by atoms with Crippen molar-refractivity contribution < 1.29 is 4.79 Å². The van der Waals surface area contributed by atoms with E-state index in [4.69, 9.17) is 5.73 Å². The van der Waals surface area contributed by atoms with Crippen molar-refractivity contribution in [2.45, 2.75) is 33.2 Å². The van der Waals surface area contributed by atoms with Gasteiger partial charge >= 0.3 is 0 Å². The maximum absolute atomic E-state index is 12.7. The van der Waals surface area contributed by atoms with E-state index in [0.29, 0.717) is 18.8 Å². The standard InChI is InChI=1S/C19H29N3O/c1-6-11-22(12-7-2)18(14(4)5)19(23)21-16-10-9-15(8-3)17(20)13-16/h6-7,9-10,13-14,18H,1-2,8,11-12,20H2,3-5H3,(H,21,23). The summed E-state index contributed by atoms with van der Waals surface area (Å²) in [6.07, 6.45) is 4.49. The number of rotatable bonds is 9. The molecule has 1 atom stereocenters. The molecule has 1 unspecified atom stereocenters. The lowest BCUT2D eigenvalue weighted by atomic mass is 10.0. The first kappa shape index (κ1) is 19.0. The molecule has 0 spiro atoms. The van der Waals surface area contributed by atoms with Crippen LogP contribution >= 0.6 is 0 Å². The summed E-state index contributed by atoms with van der Waals surface area (Å²) in [6, 6.07) is 5.42. The smallest absolute Gasteiger partial charge is 0.242 e. The largest absolute Gasteiger partial charge is 0.398 e. The summed E-state index contributed by atoms with van der Waals surface area (Å²) in [5.41, 5.74) is 8.53. The molecule has 4 nitrogen and oxygen atoms in total. The molecule has 1 rings (SSSR count). The highest BCUT2D eigenvalue weighted by Crippen LogP contribution is 2.20. The summed E-state index contributed by atoms with van der Waals surface area (Å²) >= 11 is 0. The Kier molecular flexibility index (Phi) is 7.55. The van der Waals surface area contributed by atoms with Gasteiger partial charge in [-0.2, -0.15) is 0 Å². The molecule has 0 aliphatic carbocycles. The third-order valence-electron chi connectivity index (χ3n) is 3.82. The molecule has 23 heavy (non-hydrogen) atoms. The van der Waals surface area contributed by atoms with Gasteiger partial charge in [0.2, 0.25) is 5.91 Å². The Labute approximate surface area is 140 Å². The Morgan fingerprint density at radius 1 is 1.30 bits per heavy atom. The van der Waals surface area contributed by atoms with Crippen molar-refractivity contribution in [1.29, 1.82) is 0 Å². The topological polar surface area (TPSA) is 58.4 Å². The van der Waals surface area contributed by atoms with Crippen LogP contribution in [0.4, 0.5) is 11.4 Å². The van der Waals surface area contributed by atoms with Gasteiger partial charge in [-0.15, -0.1) is 13.2 Å². The first-order valence-corrected chi connectivity index (χ1v) is 8.09. The fourth-order valence-electron chi connectivity index (χ4n) is 2.73. The Bertz CT molecular complexity index is 542. The highest BCUT2D eigenvalue weighted by Gasteiger charge is 2.27. The zero-order valence-electron chi connectivity index (χ0n) is 14.5. The van der Waals surface area contributed by atoms with Gasteiger partial charge in [0.25, 0.3) is 0 Å². The average molecular weight is 315 g/mol. The van der Waals surface area contributed by atoms with Crippen LogP contribution in [0.5, 0.6) is 0 Å². The van der Waals surface area contributed by atoms with E-state index in [9.17, 15) is 4.79 Å². The molecule has 0 aliphatic heterocycles. The summed E-state index contributed by atoms with van der Waals surface area (Å²) < 4.78 is 0. The molecule has 0 heterocycles. The summed E-state index contributed by atoms with van der Waals surface area (Å²) in [5, 5.41) is 2.98. The summed E-state index contributed by atoms with van der Waals surface area (Å²) in [5.74, 6) is 0.134. The van der Waals surface area contributed by atoms with E-state index >= 15 is 0 Å². The minimum Gasteiger partial charge on any atom is -0.398 e. The number of hydrogen-bond acceptors (Lipinski definition) is 3. The number of amides is 1. The Balaban J connectivity index is 2.95. The molecule has 0 aliphatic rings. The second-order valence-electron chi connectivity index (χ2n) is 5.98. The zero-order valence-corrected chi connectivity index (χ0v) is 14.5. The van der Waals surface area contributed by atoms with Gasteiger partial charge < -0.3 is 11.1 Å². The third-order valence-corrected chi connectivity index (χ3v) is 3.82. The highest BCUT2D eigenvalue weighted by atomic mass is 16.2. The van der Waals surface area contributed by atoms with Crippen LogP contribution in [-0.2, 0) is 11.2 Å². The second kappa shape index (κ2) is 9.16. The molecular formula is C19H29N3O. The molecule has 0 bridgehead atoms. The zero-order chi connectivity index (χ0) is 17.4. The quantitative estimate of drug-likeness (QED) is 0.542. The van der Waals surface area contributed by atoms with Crippen LogP contribution in [0.3, 0.4) is 0 Å². The van der Waals surface area contributed by atoms with Gasteiger partial charge in [0.15, 0.2) is 0 Å². The van der Waals surface area contributed by atoms with E-state index in [-0.39, 0.29) is 17.9 Å². The molecule has 0 saturated heterocycles. The van der Waals surface area contributed by atoms with Crippen LogP contribution in [0.25, 0.3) is 0 Å². The molecule has 0 aromatic heterocycles. The van der Waals surface area contributed by atoms with Crippen LogP contribution in [0.15, 0.2) is 43.5 Å². The summed E-state index contributed by atoms with van der Waals surface area (Å²) in [4.78, 5) is 14.8. The number of benzene rings is 1. The van der Waals surface area contributed by atoms with Crippen LogP contribution in [0, 0.1) is 5.92 Å². The van der Waals surface area contributed by atoms with Gasteiger partial charge in [-0.05, 0) is 30.0 Å². The number of carbonyl (C=O) groups is 1. The maximum Gasteiger partial charge on any atom is 0.242 e. The van der Waals surface area contributed by atoms with Crippen molar-refractivity contribution in [3.63, 3.8) is 0 Å². The van der Waals surface area contributed by atoms with Crippen molar-refractivity contribution >= 4 is 17.3 Å². The molecule has 126 valence electrons. The van der Waals surface area contributed by atoms with E-state index in [1.54, 1.807) is 12.2 Å². The van der Waals surface area contributed by atoms with Gasteiger partial charge in [0.05, 0.1) is 6.04 Å². The number of aryl methyl sites for hydroxylation is 1. The van der Waals surface area contributed by atoms with Crippen molar-refractivity contribution in [1.82, 2.24) is 4.90 Å². The molecule has 1 amide bonds. The summed E-state index contributed by atoms with van der Waals surface area (Å²) in [7, 11) is 0. The second-order valence-corrected chi connectivity index (χ2v) is 5.98. The molecule has 0 saturated carbocycles. The van der Waals surface area contributed by atoms with Gasteiger partial charge in [0, 0.05) is 24.5 Å². The number of anilines is 2. The molecule has 0 radical (unpaired) electrons. The fraction of sp³-hybridized carbons (Fsp3) is 0.421. The van der Waals surface area contributed by atoms with E-state index in [1.807, 2.05) is 32.0 Å². The molecule has 1 aromatic rings. The lowest BCUT2D eigenvalue weighted by Gasteiger charge is -2.31. The fourth-order valence-corrected chi connectivity index (χ4v) is 2.73. The van der Waals surface area contributed by atoms with E-state index in [2.05, 4.69) is 30.3 Å². The number of nitrogen functional groups attached to an aromatic ring is 1. The minimum absolute atomic E-state index is 0.0349. The predicted molar refractivity (Wildman–Crippen MR) is 99.5 cm³/mol. The lowest BCUT2D eigenvalue weighted by molar-refractivity contribution is -0.122. The molecule has 3 N–H and O–H groups in total. The molecular weight excluding hydrogens is 286 g/mol. The highest BCUT2D eigenvalue weighted by molar-refractivity contribution is 5.95. The van der Waals surface area contributed by atoms with Gasteiger partial charge in [-0.3, -0.25) is 9.69 Å². The Hall–Kier alpha value is -2.07. The number of nitrogens with one attached hydrogen (secondary N) is 1. The molecule has 1 aromatic carbocycles. The first-order valence-electron chi connectivity index (χ1n) is 8.09. The van der Waals surface area contributed by atoms with Gasteiger partial charge in [0.1, 0.15) is 0 Å². The number of hydrogen-bond donors (Lipinski definition) is 2. The monoisotopic (exact) mass is 315 g/mol. The van der Waals surface area contributed by atoms with E-state index in [1.165, 1.54) is 0 Å². The van der Waals surface area contributed by atoms with Crippen LogP contribution in [-0.4, -0.2) is 29.9 Å². The number of carbonyl (C=O) groups excluding carboxylic acids is 1. The predicted octanol–water partition coefficient (Wildman–Crippen LogP) is 3.47. The van der Waals surface area contributed by atoms with Gasteiger partial charge in [-0.25, -0.2) is 0 Å². The molecule has 4 heteroatoms.